The molecule has 0 saturated heterocycles. The second-order valence-corrected chi connectivity index (χ2v) is 4.32. The van der Waals surface area contributed by atoms with E-state index in [4.69, 9.17) is 10.5 Å². The first kappa shape index (κ1) is 13.7. The minimum atomic E-state index is -0.906. The first-order valence-electron chi connectivity index (χ1n) is 6.32. The van der Waals surface area contributed by atoms with Gasteiger partial charge in [-0.05, 0) is 25.0 Å². The molecule has 0 aliphatic carbocycles. The van der Waals surface area contributed by atoms with Crippen LogP contribution in [0, 0.1) is 11.6 Å². The number of hydrogen-bond donors (Lipinski definition) is 1. The molecule has 0 aliphatic heterocycles. The molecule has 2 rings (SSSR count). The van der Waals surface area contributed by atoms with E-state index in [0.29, 0.717) is 31.7 Å². The Morgan fingerprint density at radius 1 is 1.32 bits per heavy atom. The number of aryl methyl sites for hydroxylation is 1. The molecule has 19 heavy (non-hydrogen) atoms. The van der Waals surface area contributed by atoms with Gasteiger partial charge in [0.2, 0.25) is 5.95 Å². The third-order valence-corrected chi connectivity index (χ3v) is 2.85. The van der Waals surface area contributed by atoms with Crippen molar-refractivity contribution in [2.45, 2.75) is 26.3 Å². The molecule has 0 bridgehead atoms. The highest BCUT2D eigenvalue weighted by molar-refractivity contribution is 5.79. The number of ether oxygens (including phenoxy) is 1. The normalized spacial score (nSPS) is 11.3. The Morgan fingerprint density at radius 3 is 2.84 bits per heavy atom. The zero-order valence-electron chi connectivity index (χ0n) is 10.8. The Kier molecular flexibility index (Phi) is 4.31. The van der Waals surface area contributed by atoms with E-state index in [1.165, 1.54) is 10.6 Å². The summed E-state index contributed by atoms with van der Waals surface area (Å²) in [5, 5.41) is 0. The molecule has 0 unspecified atom stereocenters. The zero-order chi connectivity index (χ0) is 13.8. The lowest BCUT2D eigenvalue weighted by molar-refractivity contribution is 0.129. The van der Waals surface area contributed by atoms with E-state index in [9.17, 15) is 8.78 Å². The fourth-order valence-electron chi connectivity index (χ4n) is 1.97. The summed E-state index contributed by atoms with van der Waals surface area (Å²) in [5.74, 6) is -1.61. The second kappa shape index (κ2) is 5.97. The van der Waals surface area contributed by atoms with Crippen molar-refractivity contribution in [2.24, 2.45) is 0 Å². The van der Waals surface area contributed by atoms with E-state index in [2.05, 4.69) is 4.98 Å². The monoisotopic (exact) mass is 269 g/mol. The fraction of sp³-hybridized carbons (Fsp3) is 0.462. The molecule has 0 spiro atoms. The van der Waals surface area contributed by atoms with Crippen LogP contribution in [0.1, 0.15) is 19.8 Å². The van der Waals surface area contributed by atoms with Crippen molar-refractivity contribution in [3.8, 4) is 0 Å². The standard InChI is InChI=1S/C13H17F2N3O/c1-2-7-19-8-3-6-18-12-10(17-13(18)16)5-4-9(14)11(12)15/h4-5H,2-3,6-8H2,1H3,(H2,16,17). The van der Waals surface area contributed by atoms with E-state index in [1.54, 1.807) is 0 Å². The average molecular weight is 269 g/mol. The predicted octanol–water partition coefficient (Wildman–Crippen LogP) is 2.71. The molecule has 0 amide bonds. The maximum absolute atomic E-state index is 13.8. The van der Waals surface area contributed by atoms with Crippen LogP contribution in [-0.2, 0) is 11.3 Å². The van der Waals surface area contributed by atoms with Crippen molar-refractivity contribution in [3.63, 3.8) is 0 Å². The van der Waals surface area contributed by atoms with Crippen molar-refractivity contribution >= 4 is 17.0 Å². The predicted molar refractivity (Wildman–Crippen MR) is 69.8 cm³/mol. The quantitative estimate of drug-likeness (QED) is 0.820. The summed E-state index contributed by atoms with van der Waals surface area (Å²) in [6.07, 6.45) is 1.63. The largest absolute Gasteiger partial charge is 0.381 e. The minimum Gasteiger partial charge on any atom is -0.381 e. The Bertz CT molecular complexity index is 569. The summed E-state index contributed by atoms with van der Waals surface area (Å²) in [4.78, 5) is 4.02. The van der Waals surface area contributed by atoms with Crippen LogP contribution in [-0.4, -0.2) is 22.8 Å². The number of aromatic nitrogens is 2. The summed E-state index contributed by atoms with van der Waals surface area (Å²) in [6.45, 7) is 3.74. The molecule has 4 nitrogen and oxygen atoms in total. The van der Waals surface area contributed by atoms with Gasteiger partial charge >= 0.3 is 0 Å². The van der Waals surface area contributed by atoms with E-state index >= 15 is 0 Å². The Morgan fingerprint density at radius 2 is 2.11 bits per heavy atom. The van der Waals surface area contributed by atoms with Crippen LogP contribution in [0.25, 0.3) is 11.0 Å². The van der Waals surface area contributed by atoms with Crippen molar-refractivity contribution < 1.29 is 13.5 Å². The summed E-state index contributed by atoms with van der Waals surface area (Å²) in [7, 11) is 0. The van der Waals surface area contributed by atoms with Crippen molar-refractivity contribution in [2.75, 3.05) is 18.9 Å². The van der Waals surface area contributed by atoms with Crippen molar-refractivity contribution in [1.29, 1.82) is 0 Å². The smallest absolute Gasteiger partial charge is 0.201 e. The lowest BCUT2D eigenvalue weighted by Gasteiger charge is -2.07. The Labute approximate surface area is 110 Å². The molecule has 0 aliphatic rings. The fourth-order valence-corrected chi connectivity index (χ4v) is 1.97. The van der Waals surface area contributed by atoms with Gasteiger partial charge in [-0.3, -0.25) is 0 Å². The van der Waals surface area contributed by atoms with E-state index < -0.39 is 11.6 Å². The topological polar surface area (TPSA) is 53.1 Å². The van der Waals surface area contributed by atoms with Crippen LogP contribution in [0.15, 0.2) is 12.1 Å². The van der Waals surface area contributed by atoms with E-state index in [-0.39, 0.29) is 11.5 Å². The molecule has 6 heteroatoms. The number of nitrogens with zero attached hydrogens (tertiary/aromatic N) is 2. The number of nitrogens with two attached hydrogens (primary N) is 1. The van der Waals surface area contributed by atoms with Gasteiger partial charge in [-0.15, -0.1) is 0 Å². The second-order valence-electron chi connectivity index (χ2n) is 4.32. The molecule has 1 heterocycles. The first-order chi connectivity index (χ1) is 9.15. The molecular weight excluding hydrogens is 252 g/mol. The van der Waals surface area contributed by atoms with Crippen LogP contribution in [0.2, 0.25) is 0 Å². The van der Waals surface area contributed by atoms with E-state index in [0.717, 1.165) is 12.5 Å². The minimum absolute atomic E-state index is 0.119. The maximum atomic E-state index is 13.8. The molecule has 1 aromatic heterocycles. The molecule has 2 aromatic rings. The lowest BCUT2D eigenvalue weighted by Crippen LogP contribution is -2.07. The number of imidazole rings is 1. The Hall–Kier alpha value is -1.69. The van der Waals surface area contributed by atoms with Gasteiger partial charge in [0.25, 0.3) is 0 Å². The molecule has 104 valence electrons. The molecule has 2 N–H and O–H groups in total. The van der Waals surface area contributed by atoms with Crippen LogP contribution >= 0.6 is 0 Å². The van der Waals surface area contributed by atoms with Crippen molar-refractivity contribution in [1.82, 2.24) is 9.55 Å². The van der Waals surface area contributed by atoms with Crippen LogP contribution in [0.3, 0.4) is 0 Å². The van der Waals surface area contributed by atoms with Gasteiger partial charge in [-0.25, -0.2) is 13.8 Å². The molecule has 0 saturated carbocycles. The third kappa shape index (κ3) is 2.84. The molecule has 0 fully saturated rings. The summed E-state index contributed by atoms with van der Waals surface area (Å²) < 4.78 is 33.9. The number of rotatable bonds is 6. The first-order valence-corrected chi connectivity index (χ1v) is 6.32. The molecule has 0 atom stereocenters. The number of halogens is 2. The van der Waals surface area contributed by atoms with Crippen LogP contribution in [0.5, 0.6) is 0 Å². The molecule has 0 radical (unpaired) electrons. The van der Waals surface area contributed by atoms with Gasteiger partial charge in [0.05, 0.1) is 5.52 Å². The highest BCUT2D eigenvalue weighted by Gasteiger charge is 2.15. The van der Waals surface area contributed by atoms with Gasteiger partial charge in [0.15, 0.2) is 11.6 Å². The summed E-state index contributed by atoms with van der Waals surface area (Å²) in [6, 6.07) is 2.48. The summed E-state index contributed by atoms with van der Waals surface area (Å²) >= 11 is 0. The average Bonchev–Trinajstić information content (AvgIpc) is 2.71. The highest BCUT2D eigenvalue weighted by atomic mass is 19.2. The van der Waals surface area contributed by atoms with Gasteiger partial charge in [0, 0.05) is 19.8 Å². The van der Waals surface area contributed by atoms with Gasteiger partial charge in [0.1, 0.15) is 5.52 Å². The highest BCUT2D eigenvalue weighted by Crippen LogP contribution is 2.23. The number of anilines is 1. The van der Waals surface area contributed by atoms with Crippen LogP contribution in [0.4, 0.5) is 14.7 Å². The van der Waals surface area contributed by atoms with Gasteiger partial charge in [-0.2, -0.15) is 0 Å². The van der Waals surface area contributed by atoms with Gasteiger partial charge < -0.3 is 15.0 Å². The van der Waals surface area contributed by atoms with Crippen molar-refractivity contribution in [3.05, 3.63) is 23.8 Å². The van der Waals surface area contributed by atoms with Gasteiger partial charge in [-0.1, -0.05) is 6.92 Å². The number of hydrogen-bond acceptors (Lipinski definition) is 3. The molecular formula is C13H17F2N3O. The molecule has 1 aromatic carbocycles. The summed E-state index contributed by atoms with van der Waals surface area (Å²) in [5.41, 5.74) is 6.22. The third-order valence-electron chi connectivity index (χ3n) is 2.85. The SMILES string of the molecule is CCCOCCCn1c(N)nc2ccc(F)c(F)c21. The zero-order valence-corrected chi connectivity index (χ0v) is 10.8. The number of nitrogen functional groups attached to an aromatic ring is 1. The van der Waals surface area contributed by atoms with Crippen LogP contribution < -0.4 is 5.73 Å². The number of fused-ring (bicyclic) bond motifs is 1. The maximum Gasteiger partial charge on any atom is 0.201 e. The Balaban J connectivity index is 2.17. The van der Waals surface area contributed by atoms with E-state index in [1.807, 2.05) is 6.92 Å². The number of benzene rings is 1. The lowest BCUT2D eigenvalue weighted by atomic mass is 10.3.